The highest BCUT2D eigenvalue weighted by molar-refractivity contribution is 5.80. The van der Waals surface area contributed by atoms with E-state index in [1.807, 2.05) is 0 Å². The van der Waals surface area contributed by atoms with Crippen molar-refractivity contribution in [3.8, 4) is 0 Å². The highest BCUT2D eigenvalue weighted by Crippen LogP contribution is 2.17. The van der Waals surface area contributed by atoms with Crippen molar-refractivity contribution in [2.24, 2.45) is 0 Å². The zero-order valence-electron chi connectivity index (χ0n) is 9.20. The van der Waals surface area contributed by atoms with E-state index in [0.29, 0.717) is 5.56 Å². The van der Waals surface area contributed by atoms with E-state index in [1.54, 1.807) is 30.3 Å². The van der Waals surface area contributed by atoms with Gasteiger partial charge in [-0.3, -0.25) is 9.63 Å². The molecule has 0 aliphatic heterocycles. The number of amides is 1. The largest absolute Gasteiger partial charge is 0.385 e. The Labute approximate surface area is 93.8 Å². The van der Waals surface area contributed by atoms with E-state index < -0.39 is 18.1 Å². The number of aliphatic hydroxyl groups is 2. The van der Waals surface area contributed by atoms with Crippen LogP contribution in [0.1, 0.15) is 11.7 Å². The molecule has 2 N–H and O–H groups in total. The summed E-state index contributed by atoms with van der Waals surface area (Å²) in [6, 6.07) is 8.49. The molecule has 5 heteroatoms. The zero-order valence-corrected chi connectivity index (χ0v) is 9.20. The topological polar surface area (TPSA) is 70.0 Å². The summed E-state index contributed by atoms with van der Waals surface area (Å²) in [5, 5.41) is 20.2. The normalized spacial score (nSPS) is 14.2. The summed E-state index contributed by atoms with van der Waals surface area (Å²) in [6.45, 7) is 0. The number of aliphatic hydroxyl groups excluding tert-OH is 2. The number of benzene rings is 1. The number of rotatable bonds is 4. The van der Waals surface area contributed by atoms with Crippen LogP contribution in [0.25, 0.3) is 0 Å². The molecule has 1 aromatic carbocycles. The smallest absolute Gasteiger partial charge is 0.277 e. The van der Waals surface area contributed by atoms with Gasteiger partial charge in [0.15, 0.2) is 6.10 Å². The van der Waals surface area contributed by atoms with Crippen LogP contribution in [0.2, 0.25) is 0 Å². The zero-order chi connectivity index (χ0) is 12.1. The Morgan fingerprint density at radius 3 is 2.38 bits per heavy atom. The van der Waals surface area contributed by atoms with E-state index in [9.17, 15) is 15.0 Å². The molecule has 5 nitrogen and oxygen atoms in total. The number of carbonyl (C=O) groups is 1. The molecule has 88 valence electrons. The lowest BCUT2D eigenvalue weighted by molar-refractivity contribution is -0.183. The van der Waals surface area contributed by atoms with E-state index in [1.165, 1.54) is 14.2 Å². The highest BCUT2D eigenvalue weighted by Gasteiger charge is 2.28. The molecule has 16 heavy (non-hydrogen) atoms. The molecule has 2 atom stereocenters. The molecule has 0 radical (unpaired) electrons. The van der Waals surface area contributed by atoms with Gasteiger partial charge in [0.05, 0.1) is 7.11 Å². The van der Waals surface area contributed by atoms with Crippen molar-refractivity contribution in [2.45, 2.75) is 12.2 Å². The van der Waals surface area contributed by atoms with Gasteiger partial charge in [0.25, 0.3) is 5.91 Å². The van der Waals surface area contributed by atoms with Crippen molar-refractivity contribution >= 4 is 5.91 Å². The summed E-state index contributed by atoms with van der Waals surface area (Å²) in [5.74, 6) is -0.696. The molecule has 0 aliphatic carbocycles. The van der Waals surface area contributed by atoms with E-state index in [0.717, 1.165) is 5.06 Å². The van der Waals surface area contributed by atoms with Gasteiger partial charge in [-0.05, 0) is 5.56 Å². The average Bonchev–Trinajstić information content (AvgIpc) is 2.36. The molecular formula is C11H15NO4. The summed E-state index contributed by atoms with van der Waals surface area (Å²) in [6.07, 6.45) is -2.79. The maximum Gasteiger partial charge on any atom is 0.277 e. The van der Waals surface area contributed by atoms with Gasteiger partial charge in [-0.25, -0.2) is 5.06 Å². The van der Waals surface area contributed by atoms with E-state index in [-0.39, 0.29) is 0 Å². The fraction of sp³-hybridized carbons (Fsp3) is 0.364. The Kier molecular flexibility index (Phi) is 4.42. The number of carbonyl (C=O) groups excluding carboxylic acids is 1. The van der Waals surface area contributed by atoms with Gasteiger partial charge in [0.1, 0.15) is 6.10 Å². The second-order valence-corrected chi connectivity index (χ2v) is 3.32. The van der Waals surface area contributed by atoms with Crippen LogP contribution in [0.15, 0.2) is 30.3 Å². The number of hydrogen-bond acceptors (Lipinski definition) is 4. The minimum absolute atomic E-state index is 0.479. The lowest BCUT2D eigenvalue weighted by Crippen LogP contribution is -2.39. The summed E-state index contributed by atoms with van der Waals surface area (Å²) in [5.41, 5.74) is 0.479. The van der Waals surface area contributed by atoms with Crippen LogP contribution < -0.4 is 0 Å². The van der Waals surface area contributed by atoms with Crippen LogP contribution in [0.4, 0.5) is 0 Å². The first kappa shape index (κ1) is 12.6. The standard InChI is InChI=1S/C11H15NO4/c1-12(16-2)11(15)10(14)9(13)8-6-4-3-5-7-8/h3-7,9-10,13-14H,1-2H3/t9-,10+/m1/s1. The molecule has 1 rings (SSSR count). The van der Waals surface area contributed by atoms with Gasteiger partial charge in [-0.2, -0.15) is 0 Å². The van der Waals surface area contributed by atoms with E-state index in [2.05, 4.69) is 4.84 Å². The van der Waals surface area contributed by atoms with Crippen molar-refractivity contribution in [3.63, 3.8) is 0 Å². The van der Waals surface area contributed by atoms with E-state index >= 15 is 0 Å². The molecule has 0 unspecified atom stereocenters. The van der Waals surface area contributed by atoms with Crippen LogP contribution >= 0.6 is 0 Å². The summed E-state index contributed by atoms with van der Waals surface area (Å²) >= 11 is 0. The molecule has 0 saturated carbocycles. The van der Waals surface area contributed by atoms with E-state index in [4.69, 9.17) is 0 Å². The Balaban J connectivity index is 2.75. The molecule has 0 aliphatic rings. The number of likely N-dealkylation sites (N-methyl/N-ethyl adjacent to an activating group) is 1. The lowest BCUT2D eigenvalue weighted by Gasteiger charge is -2.21. The first-order chi connectivity index (χ1) is 7.57. The molecule has 1 amide bonds. The maximum atomic E-state index is 11.5. The minimum Gasteiger partial charge on any atom is -0.385 e. The molecule has 0 bridgehead atoms. The van der Waals surface area contributed by atoms with Crippen LogP contribution in [-0.2, 0) is 9.63 Å². The predicted octanol–water partition coefficient (Wildman–Crippen LogP) is 0.101. The Morgan fingerprint density at radius 1 is 1.31 bits per heavy atom. The molecule has 0 fully saturated rings. The average molecular weight is 225 g/mol. The minimum atomic E-state index is -1.53. The van der Waals surface area contributed by atoms with Crippen LogP contribution in [0.5, 0.6) is 0 Å². The second-order valence-electron chi connectivity index (χ2n) is 3.32. The third kappa shape index (κ3) is 2.79. The maximum absolute atomic E-state index is 11.5. The number of hydrogen-bond donors (Lipinski definition) is 2. The van der Waals surface area contributed by atoms with Gasteiger partial charge < -0.3 is 10.2 Å². The Hall–Kier alpha value is -1.43. The monoisotopic (exact) mass is 225 g/mol. The third-order valence-corrected chi connectivity index (χ3v) is 2.28. The van der Waals surface area contributed by atoms with Crippen molar-refractivity contribution in [3.05, 3.63) is 35.9 Å². The molecule has 1 aromatic rings. The Morgan fingerprint density at radius 2 is 1.88 bits per heavy atom. The van der Waals surface area contributed by atoms with Crippen LogP contribution in [-0.4, -0.2) is 41.4 Å². The lowest BCUT2D eigenvalue weighted by atomic mass is 10.0. The predicted molar refractivity (Wildman–Crippen MR) is 57.2 cm³/mol. The fourth-order valence-corrected chi connectivity index (χ4v) is 1.24. The fourth-order valence-electron chi connectivity index (χ4n) is 1.24. The number of hydroxylamine groups is 2. The quantitative estimate of drug-likeness (QED) is 0.713. The highest BCUT2D eigenvalue weighted by atomic mass is 16.7. The van der Waals surface area contributed by atoms with Gasteiger partial charge in [0, 0.05) is 7.05 Å². The molecule has 0 heterocycles. The van der Waals surface area contributed by atoms with Gasteiger partial charge in [-0.15, -0.1) is 0 Å². The van der Waals surface area contributed by atoms with Gasteiger partial charge >= 0.3 is 0 Å². The van der Waals surface area contributed by atoms with Crippen molar-refractivity contribution in [1.82, 2.24) is 5.06 Å². The third-order valence-electron chi connectivity index (χ3n) is 2.28. The first-order valence-electron chi connectivity index (χ1n) is 4.80. The molecule has 0 aromatic heterocycles. The molecular weight excluding hydrogens is 210 g/mol. The van der Waals surface area contributed by atoms with Gasteiger partial charge in [-0.1, -0.05) is 30.3 Å². The SMILES string of the molecule is CON(C)C(=O)[C@@H](O)[C@H](O)c1ccccc1. The van der Waals surface area contributed by atoms with Crippen molar-refractivity contribution < 1.29 is 19.8 Å². The summed E-state index contributed by atoms with van der Waals surface area (Å²) in [4.78, 5) is 16.1. The van der Waals surface area contributed by atoms with Gasteiger partial charge in [0.2, 0.25) is 0 Å². The number of nitrogens with zero attached hydrogens (tertiary/aromatic N) is 1. The Bertz CT molecular complexity index is 341. The van der Waals surface area contributed by atoms with Crippen molar-refractivity contribution in [1.29, 1.82) is 0 Å². The summed E-state index contributed by atoms with van der Waals surface area (Å²) < 4.78 is 0. The second kappa shape index (κ2) is 5.60. The molecule has 0 spiro atoms. The summed E-state index contributed by atoms with van der Waals surface area (Å²) in [7, 11) is 2.67. The first-order valence-corrected chi connectivity index (χ1v) is 4.80. The molecule has 0 saturated heterocycles. The van der Waals surface area contributed by atoms with Crippen LogP contribution in [0.3, 0.4) is 0 Å². The van der Waals surface area contributed by atoms with Crippen LogP contribution in [0, 0.1) is 0 Å². The van der Waals surface area contributed by atoms with Crippen molar-refractivity contribution in [2.75, 3.05) is 14.2 Å².